The van der Waals surface area contributed by atoms with Gasteiger partial charge in [-0.05, 0) is 38.6 Å². The first-order chi connectivity index (χ1) is 6.74. The van der Waals surface area contributed by atoms with Crippen molar-refractivity contribution in [1.82, 2.24) is 10.2 Å². The molecule has 0 amide bonds. The third kappa shape index (κ3) is 1.70. The van der Waals surface area contributed by atoms with Crippen LogP contribution < -0.4 is 5.32 Å². The van der Waals surface area contributed by atoms with E-state index in [1.54, 1.807) is 0 Å². The molecule has 2 saturated heterocycles. The van der Waals surface area contributed by atoms with Crippen LogP contribution in [-0.2, 0) is 0 Å². The Labute approximate surface area is 88.1 Å². The first-order valence-corrected chi connectivity index (χ1v) is 6.23. The Kier molecular flexibility index (Phi) is 3.13. The molecule has 2 aliphatic rings. The molecule has 14 heavy (non-hydrogen) atoms. The van der Waals surface area contributed by atoms with E-state index in [1.807, 2.05) is 0 Å². The molecule has 0 aromatic heterocycles. The van der Waals surface area contributed by atoms with Gasteiger partial charge in [-0.1, -0.05) is 13.8 Å². The van der Waals surface area contributed by atoms with Crippen molar-refractivity contribution in [2.24, 2.45) is 5.92 Å². The Bertz CT molecular complexity index is 191. The van der Waals surface area contributed by atoms with Crippen LogP contribution in [0, 0.1) is 5.92 Å². The summed E-state index contributed by atoms with van der Waals surface area (Å²) < 4.78 is 0. The lowest BCUT2D eigenvalue weighted by Gasteiger charge is -2.32. The molecule has 2 heteroatoms. The lowest BCUT2D eigenvalue weighted by atomic mass is 9.92. The van der Waals surface area contributed by atoms with Crippen LogP contribution in [0.5, 0.6) is 0 Å². The maximum absolute atomic E-state index is 3.74. The summed E-state index contributed by atoms with van der Waals surface area (Å²) in [7, 11) is 0. The minimum absolute atomic E-state index is 0.732. The maximum Gasteiger partial charge on any atom is 0.0224 e. The number of nitrogens with zero attached hydrogens (tertiary/aromatic N) is 1. The Morgan fingerprint density at radius 3 is 2.86 bits per heavy atom. The quantitative estimate of drug-likeness (QED) is 0.688. The van der Waals surface area contributed by atoms with Gasteiger partial charge in [0.25, 0.3) is 0 Å². The molecule has 0 bridgehead atoms. The van der Waals surface area contributed by atoms with E-state index in [4.69, 9.17) is 0 Å². The van der Waals surface area contributed by atoms with Crippen molar-refractivity contribution in [2.75, 3.05) is 13.1 Å². The number of rotatable bonds is 1. The zero-order valence-corrected chi connectivity index (χ0v) is 9.79. The van der Waals surface area contributed by atoms with Gasteiger partial charge in [0.1, 0.15) is 0 Å². The zero-order valence-electron chi connectivity index (χ0n) is 9.79. The van der Waals surface area contributed by atoms with Crippen molar-refractivity contribution in [3.05, 3.63) is 0 Å². The van der Waals surface area contributed by atoms with E-state index in [2.05, 4.69) is 31.0 Å². The van der Waals surface area contributed by atoms with E-state index < -0.39 is 0 Å². The Balaban J connectivity index is 2.10. The number of hydrogen-bond donors (Lipinski definition) is 1. The molecular weight excluding hydrogens is 172 g/mol. The SMILES string of the molecule is CCC1NCC2CCCN2C(C)C1C. The van der Waals surface area contributed by atoms with Crippen molar-refractivity contribution >= 4 is 0 Å². The normalized spacial score (nSPS) is 44.8. The molecular formula is C12H24N2. The van der Waals surface area contributed by atoms with Gasteiger partial charge in [0.15, 0.2) is 0 Å². The van der Waals surface area contributed by atoms with Gasteiger partial charge in [-0.2, -0.15) is 0 Å². The highest BCUT2D eigenvalue weighted by Gasteiger charge is 2.36. The fourth-order valence-corrected chi connectivity index (χ4v) is 3.24. The van der Waals surface area contributed by atoms with Crippen molar-refractivity contribution in [3.8, 4) is 0 Å². The van der Waals surface area contributed by atoms with Crippen LogP contribution >= 0.6 is 0 Å². The van der Waals surface area contributed by atoms with Crippen LogP contribution in [0.25, 0.3) is 0 Å². The van der Waals surface area contributed by atoms with E-state index in [1.165, 1.54) is 32.4 Å². The van der Waals surface area contributed by atoms with Crippen LogP contribution in [0.3, 0.4) is 0 Å². The highest BCUT2D eigenvalue weighted by atomic mass is 15.2. The summed E-state index contributed by atoms with van der Waals surface area (Å²) in [6.07, 6.45) is 4.08. The third-order valence-corrected chi connectivity index (χ3v) is 4.40. The van der Waals surface area contributed by atoms with Crippen LogP contribution in [0.1, 0.15) is 40.0 Å². The summed E-state index contributed by atoms with van der Waals surface area (Å²) in [4.78, 5) is 2.73. The molecule has 2 aliphatic heterocycles. The van der Waals surface area contributed by atoms with Gasteiger partial charge in [0.05, 0.1) is 0 Å². The van der Waals surface area contributed by atoms with Crippen LogP contribution in [0.2, 0.25) is 0 Å². The van der Waals surface area contributed by atoms with Crippen molar-refractivity contribution in [2.45, 2.75) is 58.2 Å². The minimum atomic E-state index is 0.732. The highest BCUT2D eigenvalue weighted by molar-refractivity contribution is 4.93. The summed E-state index contributed by atoms with van der Waals surface area (Å²) in [6.45, 7) is 9.67. The van der Waals surface area contributed by atoms with Gasteiger partial charge in [-0.15, -0.1) is 0 Å². The predicted octanol–water partition coefficient (Wildman–Crippen LogP) is 1.86. The Morgan fingerprint density at radius 2 is 2.14 bits per heavy atom. The molecule has 1 N–H and O–H groups in total. The second-order valence-corrected chi connectivity index (χ2v) is 5.06. The van der Waals surface area contributed by atoms with E-state index in [0.717, 1.165) is 24.0 Å². The second kappa shape index (κ2) is 4.19. The van der Waals surface area contributed by atoms with Crippen molar-refractivity contribution in [1.29, 1.82) is 0 Å². The molecule has 0 radical (unpaired) electrons. The monoisotopic (exact) mass is 196 g/mol. The van der Waals surface area contributed by atoms with E-state index >= 15 is 0 Å². The molecule has 0 aromatic rings. The van der Waals surface area contributed by atoms with Crippen molar-refractivity contribution < 1.29 is 0 Å². The first-order valence-electron chi connectivity index (χ1n) is 6.23. The van der Waals surface area contributed by atoms with E-state index in [-0.39, 0.29) is 0 Å². The lowest BCUT2D eigenvalue weighted by Crippen LogP contribution is -2.41. The summed E-state index contributed by atoms with van der Waals surface area (Å²) >= 11 is 0. The van der Waals surface area contributed by atoms with Crippen molar-refractivity contribution in [3.63, 3.8) is 0 Å². The van der Waals surface area contributed by atoms with Crippen LogP contribution in [-0.4, -0.2) is 36.1 Å². The Morgan fingerprint density at radius 1 is 1.36 bits per heavy atom. The molecule has 4 unspecified atom stereocenters. The summed E-state index contributed by atoms with van der Waals surface area (Å²) in [6, 6.07) is 2.32. The van der Waals surface area contributed by atoms with Gasteiger partial charge < -0.3 is 5.32 Å². The smallest absolute Gasteiger partial charge is 0.0224 e. The molecule has 0 saturated carbocycles. The van der Waals surface area contributed by atoms with E-state index in [9.17, 15) is 0 Å². The molecule has 2 fully saturated rings. The molecule has 2 heterocycles. The standard InChI is InChI=1S/C12H24N2/c1-4-12-9(2)10(3)14-7-5-6-11(14)8-13-12/h9-13H,4-8H2,1-3H3. The summed E-state index contributed by atoms with van der Waals surface area (Å²) in [5, 5.41) is 3.74. The molecule has 82 valence electrons. The second-order valence-electron chi connectivity index (χ2n) is 5.06. The average molecular weight is 196 g/mol. The number of hydrogen-bond acceptors (Lipinski definition) is 2. The molecule has 0 aliphatic carbocycles. The van der Waals surface area contributed by atoms with Gasteiger partial charge in [0, 0.05) is 24.7 Å². The largest absolute Gasteiger partial charge is 0.312 e. The van der Waals surface area contributed by atoms with Crippen LogP contribution in [0.15, 0.2) is 0 Å². The highest BCUT2D eigenvalue weighted by Crippen LogP contribution is 2.28. The Hall–Kier alpha value is -0.0800. The summed E-state index contributed by atoms with van der Waals surface area (Å²) in [5.74, 6) is 0.795. The topological polar surface area (TPSA) is 15.3 Å². The third-order valence-electron chi connectivity index (χ3n) is 4.40. The van der Waals surface area contributed by atoms with Gasteiger partial charge in [-0.25, -0.2) is 0 Å². The summed E-state index contributed by atoms with van der Waals surface area (Å²) in [5.41, 5.74) is 0. The number of nitrogens with one attached hydrogen (secondary N) is 1. The maximum atomic E-state index is 3.74. The van der Waals surface area contributed by atoms with Crippen LogP contribution in [0.4, 0.5) is 0 Å². The first kappa shape index (κ1) is 10.4. The van der Waals surface area contributed by atoms with Gasteiger partial charge in [-0.3, -0.25) is 4.90 Å². The molecule has 0 aromatic carbocycles. The molecule has 2 rings (SSSR count). The zero-order chi connectivity index (χ0) is 10.1. The van der Waals surface area contributed by atoms with E-state index in [0.29, 0.717) is 0 Å². The molecule has 0 spiro atoms. The molecule has 4 atom stereocenters. The van der Waals surface area contributed by atoms with Gasteiger partial charge >= 0.3 is 0 Å². The lowest BCUT2D eigenvalue weighted by molar-refractivity contribution is 0.160. The minimum Gasteiger partial charge on any atom is -0.312 e. The predicted molar refractivity (Wildman–Crippen MR) is 60.4 cm³/mol. The average Bonchev–Trinajstić information content (AvgIpc) is 2.61. The fourth-order valence-electron chi connectivity index (χ4n) is 3.24. The fraction of sp³-hybridized carbons (Fsp3) is 1.00. The number of fused-ring (bicyclic) bond motifs is 1. The molecule has 2 nitrogen and oxygen atoms in total. The van der Waals surface area contributed by atoms with Gasteiger partial charge in [0.2, 0.25) is 0 Å².